The minimum absolute atomic E-state index is 0.0693. The van der Waals surface area contributed by atoms with Gasteiger partial charge < -0.3 is 21.9 Å². The van der Waals surface area contributed by atoms with Crippen molar-refractivity contribution in [2.24, 2.45) is 11.5 Å². The van der Waals surface area contributed by atoms with E-state index in [1.165, 1.54) is 0 Å². The number of aliphatic hydroxyl groups excluding tert-OH is 1. The van der Waals surface area contributed by atoms with Gasteiger partial charge in [-0.2, -0.15) is 0 Å². The summed E-state index contributed by atoms with van der Waals surface area (Å²) in [6.45, 7) is -0.128. The van der Waals surface area contributed by atoms with E-state index in [1.54, 1.807) is 0 Å². The van der Waals surface area contributed by atoms with E-state index in [0.29, 0.717) is 0 Å². The lowest BCUT2D eigenvalue weighted by atomic mass is 10.3. The molecule has 0 aromatic rings. The van der Waals surface area contributed by atoms with Crippen LogP contribution in [0.1, 0.15) is 0 Å². The minimum atomic E-state index is -1.33. The van der Waals surface area contributed by atoms with Crippen LogP contribution < -0.4 is 16.8 Å². The molecule has 11 heavy (non-hydrogen) atoms. The van der Waals surface area contributed by atoms with Gasteiger partial charge in [0, 0.05) is 6.54 Å². The number of amides is 2. The largest absolute Gasteiger partial charge is 0.395 e. The predicted molar refractivity (Wildman–Crippen MR) is 37.3 cm³/mol. The summed E-state index contributed by atoms with van der Waals surface area (Å²) < 4.78 is 0. The first-order chi connectivity index (χ1) is 5.09. The van der Waals surface area contributed by atoms with Gasteiger partial charge in [0.05, 0.1) is 6.61 Å². The molecule has 64 valence electrons. The lowest BCUT2D eigenvalue weighted by Gasteiger charge is -2.06. The van der Waals surface area contributed by atoms with Gasteiger partial charge in [0.15, 0.2) is 6.04 Å². The number of carbonyl (C=O) groups is 2. The number of hydrogen-bond acceptors (Lipinski definition) is 4. The Morgan fingerprint density at radius 3 is 2.45 bits per heavy atom. The highest BCUT2D eigenvalue weighted by Crippen LogP contribution is 1.75. The molecule has 0 aliphatic heterocycles. The molecule has 2 amide bonds. The second-order valence-corrected chi connectivity index (χ2v) is 1.89. The van der Waals surface area contributed by atoms with E-state index in [4.69, 9.17) is 16.6 Å². The Hall–Kier alpha value is -1.14. The molecule has 0 aromatic heterocycles. The summed E-state index contributed by atoms with van der Waals surface area (Å²) >= 11 is 0. The summed E-state index contributed by atoms with van der Waals surface area (Å²) in [7, 11) is 0. The van der Waals surface area contributed by atoms with Crippen LogP contribution in [0, 0.1) is 0 Å². The molecule has 0 aliphatic carbocycles. The smallest absolute Gasteiger partial charge is 0.246 e. The van der Waals surface area contributed by atoms with Crippen molar-refractivity contribution < 1.29 is 14.7 Å². The zero-order valence-corrected chi connectivity index (χ0v) is 5.91. The second-order valence-electron chi connectivity index (χ2n) is 1.89. The van der Waals surface area contributed by atoms with Crippen LogP contribution in [0.25, 0.3) is 0 Å². The highest BCUT2D eigenvalue weighted by atomic mass is 16.3. The van der Waals surface area contributed by atoms with E-state index < -0.39 is 17.9 Å². The molecule has 6 heteroatoms. The van der Waals surface area contributed by atoms with Gasteiger partial charge in [-0.25, -0.2) is 0 Å². The second kappa shape index (κ2) is 4.64. The fraction of sp³-hybridized carbons (Fsp3) is 0.600. The maximum absolute atomic E-state index is 10.7. The molecule has 0 heterocycles. The van der Waals surface area contributed by atoms with Crippen molar-refractivity contribution in [2.75, 3.05) is 13.2 Å². The van der Waals surface area contributed by atoms with Crippen LogP contribution in [0.15, 0.2) is 0 Å². The molecule has 0 bridgehead atoms. The third-order valence-corrected chi connectivity index (χ3v) is 1.00. The van der Waals surface area contributed by atoms with Gasteiger partial charge in [-0.3, -0.25) is 9.59 Å². The van der Waals surface area contributed by atoms with Crippen molar-refractivity contribution in [3.05, 3.63) is 0 Å². The molecule has 0 saturated heterocycles. The summed E-state index contributed by atoms with van der Waals surface area (Å²) in [5.74, 6) is -1.56. The van der Waals surface area contributed by atoms with Gasteiger partial charge in [-0.05, 0) is 0 Å². The van der Waals surface area contributed by atoms with E-state index >= 15 is 0 Å². The molecular weight excluding hydrogens is 150 g/mol. The monoisotopic (exact) mass is 161 g/mol. The topological polar surface area (TPSA) is 118 Å². The number of carbonyl (C=O) groups excluding carboxylic acids is 2. The zero-order valence-electron chi connectivity index (χ0n) is 5.91. The van der Waals surface area contributed by atoms with Crippen molar-refractivity contribution in [3.8, 4) is 0 Å². The van der Waals surface area contributed by atoms with Crippen molar-refractivity contribution in [1.82, 2.24) is 5.32 Å². The fourth-order valence-electron chi connectivity index (χ4n) is 0.418. The van der Waals surface area contributed by atoms with E-state index in [0.717, 1.165) is 0 Å². The summed E-state index contributed by atoms with van der Waals surface area (Å²) in [4.78, 5) is 21.0. The first-order valence-electron chi connectivity index (χ1n) is 3.03. The summed E-state index contributed by atoms with van der Waals surface area (Å²) in [5.41, 5.74) is 9.75. The normalized spacial score (nSPS) is 12.2. The van der Waals surface area contributed by atoms with Crippen molar-refractivity contribution >= 4 is 11.8 Å². The van der Waals surface area contributed by atoms with Crippen LogP contribution in [0.2, 0.25) is 0 Å². The molecule has 0 radical (unpaired) electrons. The van der Waals surface area contributed by atoms with Crippen molar-refractivity contribution in [2.45, 2.75) is 6.04 Å². The zero-order chi connectivity index (χ0) is 8.85. The number of nitrogens with one attached hydrogen (secondary N) is 1. The number of hydrogen-bond donors (Lipinski definition) is 4. The molecule has 6 nitrogen and oxygen atoms in total. The van der Waals surface area contributed by atoms with Crippen LogP contribution in [0.4, 0.5) is 0 Å². The van der Waals surface area contributed by atoms with E-state index in [9.17, 15) is 9.59 Å². The first-order valence-corrected chi connectivity index (χ1v) is 3.03. The van der Waals surface area contributed by atoms with Crippen LogP contribution >= 0.6 is 0 Å². The maximum Gasteiger partial charge on any atom is 0.246 e. The highest BCUT2D eigenvalue weighted by molar-refractivity contribution is 6.03. The molecule has 0 aliphatic rings. The lowest BCUT2D eigenvalue weighted by molar-refractivity contribution is -0.129. The Morgan fingerprint density at radius 1 is 1.55 bits per heavy atom. The quantitative estimate of drug-likeness (QED) is 0.327. The SMILES string of the molecule is NC(=O)C(N)C(=O)NCCO. The van der Waals surface area contributed by atoms with E-state index in [-0.39, 0.29) is 13.2 Å². The van der Waals surface area contributed by atoms with E-state index in [2.05, 4.69) is 5.32 Å². The van der Waals surface area contributed by atoms with Gasteiger partial charge in [0.2, 0.25) is 11.8 Å². The Balaban J connectivity index is 3.74. The summed E-state index contributed by atoms with van der Waals surface area (Å²) in [6, 6.07) is -1.33. The van der Waals surface area contributed by atoms with Crippen LogP contribution in [0.3, 0.4) is 0 Å². The lowest BCUT2D eigenvalue weighted by Crippen LogP contribution is -2.49. The molecule has 1 unspecified atom stereocenters. The van der Waals surface area contributed by atoms with Crippen LogP contribution in [0.5, 0.6) is 0 Å². The molecule has 0 aromatic carbocycles. The highest BCUT2D eigenvalue weighted by Gasteiger charge is 2.17. The number of primary amides is 1. The average molecular weight is 161 g/mol. The van der Waals surface area contributed by atoms with Gasteiger partial charge >= 0.3 is 0 Å². The minimum Gasteiger partial charge on any atom is -0.395 e. The number of rotatable bonds is 4. The Kier molecular flexibility index (Phi) is 4.16. The Labute approximate surface area is 63.5 Å². The predicted octanol–water partition coefficient (Wildman–Crippen LogP) is -3.09. The number of aliphatic hydroxyl groups is 1. The third kappa shape index (κ3) is 3.54. The Bertz CT molecular complexity index is 159. The van der Waals surface area contributed by atoms with E-state index in [1.807, 2.05) is 0 Å². The van der Waals surface area contributed by atoms with Crippen LogP contribution in [-0.4, -0.2) is 36.1 Å². The maximum atomic E-state index is 10.7. The van der Waals surface area contributed by atoms with Crippen molar-refractivity contribution in [3.63, 3.8) is 0 Å². The molecule has 0 spiro atoms. The standard InChI is InChI=1S/C5H11N3O3/c6-3(4(7)10)5(11)8-1-2-9/h3,9H,1-2,6H2,(H2,7,10)(H,8,11). The average Bonchev–Trinajstić information content (AvgIpc) is 1.98. The molecule has 1 atom stereocenters. The Morgan fingerprint density at radius 2 is 2.09 bits per heavy atom. The van der Waals surface area contributed by atoms with Gasteiger partial charge in [0.25, 0.3) is 0 Å². The first kappa shape index (κ1) is 9.86. The summed E-state index contributed by atoms with van der Waals surface area (Å²) in [6.07, 6.45) is 0. The molecule has 0 fully saturated rings. The number of nitrogens with two attached hydrogens (primary N) is 2. The van der Waals surface area contributed by atoms with Gasteiger partial charge in [-0.1, -0.05) is 0 Å². The molecule has 0 saturated carbocycles. The van der Waals surface area contributed by atoms with Gasteiger partial charge in [-0.15, -0.1) is 0 Å². The third-order valence-electron chi connectivity index (χ3n) is 1.00. The fourth-order valence-corrected chi connectivity index (χ4v) is 0.418. The van der Waals surface area contributed by atoms with Crippen LogP contribution in [-0.2, 0) is 9.59 Å². The van der Waals surface area contributed by atoms with Crippen molar-refractivity contribution in [1.29, 1.82) is 0 Å². The summed E-state index contributed by atoms with van der Waals surface area (Å²) in [5, 5.41) is 10.5. The molecular formula is C5H11N3O3. The molecule has 0 rings (SSSR count). The molecule has 6 N–H and O–H groups in total. The van der Waals surface area contributed by atoms with Gasteiger partial charge in [0.1, 0.15) is 0 Å².